The highest BCUT2D eigenvalue weighted by atomic mass is 16.7. The van der Waals surface area contributed by atoms with E-state index in [0.717, 1.165) is 11.1 Å². The van der Waals surface area contributed by atoms with E-state index in [2.05, 4.69) is 5.32 Å². The van der Waals surface area contributed by atoms with Crippen molar-refractivity contribution in [1.29, 1.82) is 0 Å². The molecule has 2 aliphatic rings. The van der Waals surface area contributed by atoms with Crippen LogP contribution in [-0.4, -0.2) is 31.7 Å². The van der Waals surface area contributed by atoms with Crippen LogP contribution >= 0.6 is 0 Å². The fraction of sp³-hybridized carbons (Fsp3) is 0.238. The molecule has 7 nitrogen and oxygen atoms in total. The summed E-state index contributed by atoms with van der Waals surface area (Å²) < 4.78 is 16.3. The molecule has 3 heterocycles. The van der Waals surface area contributed by atoms with Crippen LogP contribution < -0.4 is 19.7 Å². The molecule has 1 fully saturated rings. The normalized spacial score (nSPS) is 18.1. The molecular weight excluding hydrogens is 360 g/mol. The molecule has 0 aliphatic carbocycles. The van der Waals surface area contributed by atoms with Crippen molar-refractivity contribution in [1.82, 2.24) is 5.32 Å². The molecular formula is C21H18N2O5. The molecule has 3 aromatic rings. The minimum Gasteiger partial charge on any atom is -0.454 e. The van der Waals surface area contributed by atoms with Gasteiger partial charge in [0.1, 0.15) is 5.58 Å². The number of benzene rings is 2. The first-order valence-corrected chi connectivity index (χ1v) is 9.14. The lowest BCUT2D eigenvalue weighted by molar-refractivity contribution is -0.117. The molecule has 2 aromatic carbocycles. The number of nitrogens with one attached hydrogen (secondary N) is 1. The first kappa shape index (κ1) is 16.7. The molecule has 0 saturated carbocycles. The molecule has 1 saturated heterocycles. The number of carbonyl (C=O) groups is 2. The lowest BCUT2D eigenvalue weighted by Gasteiger charge is -2.17. The molecule has 5 rings (SSSR count). The van der Waals surface area contributed by atoms with Crippen molar-refractivity contribution in [3.8, 4) is 11.5 Å². The van der Waals surface area contributed by atoms with E-state index in [1.54, 1.807) is 11.0 Å². The number of anilines is 1. The summed E-state index contributed by atoms with van der Waals surface area (Å²) in [6.45, 7) is 1.14. The van der Waals surface area contributed by atoms with Crippen LogP contribution in [0.1, 0.15) is 17.0 Å². The summed E-state index contributed by atoms with van der Waals surface area (Å²) in [6.07, 6.45) is 0.384. The third kappa shape index (κ3) is 2.94. The molecule has 1 aromatic heterocycles. The fourth-order valence-corrected chi connectivity index (χ4v) is 3.64. The van der Waals surface area contributed by atoms with Gasteiger partial charge in [0.15, 0.2) is 17.3 Å². The monoisotopic (exact) mass is 378 g/mol. The molecule has 1 unspecified atom stereocenters. The molecule has 28 heavy (non-hydrogen) atoms. The fourth-order valence-electron chi connectivity index (χ4n) is 3.64. The van der Waals surface area contributed by atoms with E-state index in [1.165, 1.54) is 0 Å². The molecule has 7 heteroatoms. The van der Waals surface area contributed by atoms with E-state index in [0.29, 0.717) is 36.6 Å². The summed E-state index contributed by atoms with van der Waals surface area (Å²) in [6, 6.07) is 14.7. The van der Waals surface area contributed by atoms with Crippen molar-refractivity contribution in [3.63, 3.8) is 0 Å². The number of rotatable bonds is 4. The van der Waals surface area contributed by atoms with Crippen molar-refractivity contribution in [2.45, 2.75) is 6.42 Å². The molecule has 0 spiro atoms. The standard InChI is InChI=1S/C21H18N2O5/c24-20-7-13(11-23(20)15-5-6-17-18(9-15)27-12-26-17)10-22-21(25)19-8-14-3-1-2-4-16(14)28-19/h1-6,8-9,13H,7,10-12H2,(H,22,25). The molecule has 1 atom stereocenters. The van der Waals surface area contributed by atoms with Crippen molar-refractivity contribution in [2.24, 2.45) is 5.92 Å². The van der Waals surface area contributed by atoms with E-state index in [1.807, 2.05) is 42.5 Å². The van der Waals surface area contributed by atoms with Crippen LogP contribution in [0, 0.1) is 5.92 Å². The smallest absolute Gasteiger partial charge is 0.287 e. The van der Waals surface area contributed by atoms with Gasteiger partial charge in [0.25, 0.3) is 5.91 Å². The van der Waals surface area contributed by atoms with Crippen LogP contribution in [0.15, 0.2) is 52.9 Å². The molecule has 2 aliphatic heterocycles. The summed E-state index contributed by atoms with van der Waals surface area (Å²) >= 11 is 0. The van der Waals surface area contributed by atoms with Gasteiger partial charge in [-0.3, -0.25) is 9.59 Å². The number of para-hydroxylation sites is 1. The number of ether oxygens (including phenoxy) is 2. The maximum absolute atomic E-state index is 12.4. The number of nitrogens with zero attached hydrogens (tertiary/aromatic N) is 1. The maximum atomic E-state index is 12.4. The van der Waals surface area contributed by atoms with E-state index >= 15 is 0 Å². The second-order valence-corrected chi connectivity index (χ2v) is 6.97. The highest BCUT2D eigenvalue weighted by molar-refractivity contribution is 5.97. The van der Waals surface area contributed by atoms with Gasteiger partial charge in [-0.25, -0.2) is 0 Å². The van der Waals surface area contributed by atoms with Gasteiger partial charge in [0.05, 0.1) is 0 Å². The largest absolute Gasteiger partial charge is 0.454 e. The van der Waals surface area contributed by atoms with Crippen LogP contribution in [0.25, 0.3) is 11.0 Å². The summed E-state index contributed by atoms with van der Waals surface area (Å²) in [7, 11) is 0. The van der Waals surface area contributed by atoms with Crippen molar-refractivity contribution >= 4 is 28.5 Å². The SMILES string of the molecule is O=C(NCC1CC(=O)N(c2ccc3c(c2)OCO3)C1)c1cc2ccccc2o1. The number of amides is 2. The Morgan fingerprint density at radius 3 is 2.86 bits per heavy atom. The quantitative estimate of drug-likeness (QED) is 0.755. The van der Waals surface area contributed by atoms with E-state index in [-0.39, 0.29) is 30.3 Å². The maximum Gasteiger partial charge on any atom is 0.287 e. The molecule has 0 radical (unpaired) electrons. The zero-order chi connectivity index (χ0) is 19.1. The second-order valence-electron chi connectivity index (χ2n) is 6.97. The predicted molar refractivity (Wildman–Crippen MR) is 102 cm³/mol. The Hall–Kier alpha value is -3.48. The van der Waals surface area contributed by atoms with Gasteiger partial charge in [-0.05, 0) is 24.3 Å². The van der Waals surface area contributed by atoms with E-state index in [9.17, 15) is 9.59 Å². The van der Waals surface area contributed by atoms with Gasteiger partial charge >= 0.3 is 0 Å². The van der Waals surface area contributed by atoms with Gasteiger partial charge in [0, 0.05) is 42.6 Å². The number of furan rings is 1. The third-order valence-electron chi connectivity index (χ3n) is 5.07. The van der Waals surface area contributed by atoms with Crippen LogP contribution in [0.5, 0.6) is 11.5 Å². The van der Waals surface area contributed by atoms with Crippen molar-refractivity contribution in [2.75, 3.05) is 24.8 Å². The minimum atomic E-state index is -0.273. The average molecular weight is 378 g/mol. The number of fused-ring (bicyclic) bond motifs is 2. The number of hydrogen-bond donors (Lipinski definition) is 1. The second kappa shape index (κ2) is 6.60. The van der Waals surface area contributed by atoms with Gasteiger partial charge in [-0.1, -0.05) is 18.2 Å². The predicted octanol–water partition coefficient (Wildman–Crippen LogP) is 2.94. The summed E-state index contributed by atoms with van der Waals surface area (Å²) in [5, 5.41) is 3.77. The van der Waals surface area contributed by atoms with Crippen LogP contribution in [0.4, 0.5) is 5.69 Å². The molecule has 142 valence electrons. The van der Waals surface area contributed by atoms with Gasteiger partial charge in [-0.15, -0.1) is 0 Å². The Labute approximate surface area is 160 Å². The van der Waals surface area contributed by atoms with Crippen molar-refractivity contribution in [3.05, 3.63) is 54.3 Å². The molecule has 0 bridgehead atoms. The first-order valence-electron chi connectivity index (χ1n) is 9.14. The summed E-state index contributed by atoms with van der Waals surface area (Å²) in [4.78, 5) is 26.6. The van der Waals surface area contributed by atoms with Crippen LogP contribution in [0.3, 0.4) is 0 Å². The Morgan fingerprint density at radius 1 is 1.11 bits per heavy atom. The van der Waals surface area contributed by atoms with Gasteiger partial charge in [0.2, 0.25) is 12.7 Å². The highest BCUT2D eigenvalue weighted by Gasteiger charge is 2.32. The van der Waals surface area contributed by atoms with E-state index in [4.69, 9.17) is 13.9 Å². The Balaban J connectivity index is 1.23. The summed E-state index contributed by atoms with van der Waals surface area (Å²) in [5.41, 5.74) is 1.46. The van der Waals surface area contributed by atoms with Crippen molar-refractivity contribution < 1.29 is 23.5 Å². The molecule has 1 N–H and O–H groups in total. The zero-order valence-corrected chi connectivity index (χ0v) is 15.0. The minimum absolute atomic E-state index is 0.0295. The lowest BCUT2D eigenvalue weighted by atomic mass is 10.1. The Morgan fingerprint density at radius 2 is 1.96 bits per heavy atom. The first-order chi connectivity index (χ1) is 13.7. The number of carbonyl (C=O) groups excluding carboxylic acids is 2. The zero-order valence-electron chi connectivity index (χ0n) is 15.0. The highest BCUT2D eigenvalue weighted by Crippen LogP contribution is 2.37. The average Bonchev–Trinajstić information content (AvgIpc) is 3.42. The van der Waals surface area contributed by atoms with Crippen LogP contribution in [0.2, 0.25) is 0 Å². The van der Waals surface area contributed by atoms with Gasteiger partial charge in [-0.2, -0.15) is 0 Å². The van der Waals surface area contributed by atoms with Crippen LogP contribution in [-0.2, 0) is 4.79 Å². The third-order valence-corrected chi connectivity index (χ3v) is 5.07. The summed E-state index contributed by atoms with van der Waals surface area (Å²) in [5.74, 6) is 1.40. The molecule has 2 amide bonds. The Kier molecular flexibility index (Phi) is 3.93. The number of hydrogen-bond acceptors (Lipinski definition) is 5. The lowest BCUT2D eigenvalue weighted by Crippen LogP contribution is -2.31. The Bertz CT molecular complexity index is 1040. The topological polar surface area (TPSA) is 81.0 Å². The van der Waals surface area contributed by atoms with Gasteiger partial charge < -0.3 is 24.1 Å². The van der Waals surface area contributed by atoms with E-state index < -0.39 is 0 Å².